The zero-order valence-electron chi connectivity index (χ0n) is 10.7. The summed E-state index contributed by atoms with van der Waals surface area (Å²) in [4.78, 5) is 0. The van der Waals surface area contributed by atoms with Crippen molar-refractivity contribution in [3.05, 3.63) is 34.9 Å². The first-order valence-corrected chi connectivity index (χ1v) is 8.58. The lowest BCUT2D eigenvalue weighted by Crippen LogP contribution is -2.32. The third-order valence-corrected chi connectivity index (χ3v) is 6.00. The van der Waals surface area contributed by atoms with Gasteiger partial charge in [0.25, 0.3) is 0 Å². The van der Waals surface area contributed by atoms with Crippen molar-refractivity contribution < 1.29 is 4.74 Å². The summed E-state index contributed by atoms with van der Waals surface area (Å²) in [6.07, 6.45) is 10.4. The van der Waals surface area contributed by atoms with Crippen molar-refractivity contribution in [2.24, 2.45) is 23.7 Å². The van der Waals surface area contributed by atoms with E-state index in [-0.39, 0.29) is 0 Å². The molecule has 18 heavy (non-hydrogen) atoms. The van der Waals surface area contributed by atoms with Gasteiger partial charge in [-0.05, 0) is 48.7 Å². The monoisotopic (exact) mass is 354 g/mol. The van der Waals surface area contributed by atoms with Crippen LogP contribution in [0.2, 0.25) is 0 Å². The maximum absolute atomic E-state index is 5.90. The quantitative estimate of drug-likeness (QED) is 0.394. The Labute approximate surface area is 122 Å². The van der Waals surface area contributed by atoms with Crippen LogP contribution in [0.4, 0.5) is 0 Å². The molecule has 1 nitrogen and oxygen atoms in total. The number of ether oxygens (including phenoxy) is 1. The fraction of sp³-hybridized carbons (Fsp3) is 0.625. The third-order valence-electron chi connectivity index (χ3n) is 5.12. The van der Waals surface area contributed by atoms with E-state index in [4.69, 9.17) is 4.74 Å². The average molecular weight is 354 g/mol. The molecule has 1 aliphatic heterocycles. The first kappa shape index (κ1) is 11.7. The molecule has 1 fully saturated rings. The van der Waals surface area contributed by atoms with Crippen LogP contribution in [0.15, 0.2) is 34.9 Å². The van der Waals surface area contributed by atoms with Gasteiger partial charge in [-0.2, -0.15) is 0 Å². The van der Waals surface area contributed by atoms with Crippen LogP contribution in [0, 0.1) is 23.7 Å². The molecule has 0 aromatic heterocycles. The molecule has 0 bridgehead atoms. The highest BCUT2D eigenvalue weighted by molar-refractivity contribution is 14.1. The number of halogens is 1. The molecule has 0 N–H and O–H groups in total. The number of fused-ring (bicyclic) bond motifs is 5. The number of hydrogen-bond donors (Lipinski definition) is 0. The van der Waals surface area contributed by atoms with Gasteiger partial charge in [0.15, 0.2) is 0 Å². The Hall–Kier alpha value is -0.0900. The number of hydrogen-bond acceptors (Lipinski definition) is 1. The zero-order valence-corrected chi connectivity index (χ0v) is 12.9. The lowest BCUT2D eigenvalue weighted by molar-refractivity contribution is 0.0605. The van der Waals surface area contributed by atoms with E-state index >= 15 is 0 Å². The average Bonchev–Trinajstić information content (AvgIpc) is 3.19. The molecule has 2 heteroatoms. The van der Waals surface area contributed by atoms with Crippen molar-refractivity contribution in [1.82, 2.24) is 0 Å². The molecule has 3 aliphatic carbocycles. The second-order valence-corrected chi connectivity index (χ2v) is 6.98. The van der Waals surface area contributed by atoms with Gasteiger partial charge in [-0.1, -0.05) is 46.4 Å². The summed E-state index contributed by atoms with van der Waals surface area (Å²) >= 11 is 2.47. The zero-order chi connectivity index (χ0) is 12.3. The van der Waals surface area contributed by atoms with Crippen molar-refractivity contribution in [3.8, 4) is 0 Å². The van der Waals surface area contributed by atoms with Crippen LogP contribution in [-0.2, 0) is 4.74 Å². The first-order chi connectivity index (χ1) is 8.78. The summed E-state index contributed by atoms with van der Waals surface area (Å²) in [7, 11) is 0. The molecule has 4 rings (SSSR count). The molecule has 0 aromatic rings. The van der Waals surface area contributed by atoms with E-state index < -0.39 is 0 Å². The molecule has 4 aliphatic rings. The van der Waals surface area contributed by atoms with Gasteiger partial charge < -0.3 is 4.74 Å². The molecule has 5 atom stereocenters. The van der Waals surface area contributed by atoms with Gasteiger partial charge in [0.1, 0.15) is 0 Å². The van der Waals surface area contributed by atoms with Gasteiger partial charge in [0, 0.05) is 10.3 Å². The maximum atomic E-state index is 5.90. The highest BCUT2D eigenvalue weighted by Crippen LogP contribution is 2.60. The molecule has 0 amide bonds. The molecular weight excluding hydrogens is 335 g/mol. The topological polar surface area (TPSA) is 9.23 Å². The van der Waals surface area contributed by atoms with Crippen molar-refractivity contribution in [2.75, 3.05) is 11.0 Å². The van der Waals surface area contributed by atoms with Crippen LogP contribution >= 0.6 is 22.6 Å². The van der Waals surface area contributed by atoms with Crippen LogP contribution in [-0.4, -0.2) is 17.1 Å². The molecule has 0 saturated heterocycles. The minimum Gasteiger partial charge on any atom is -0.374 e. The number of rotatable bonds is 1. The predicted molar refractivity (Wildman–Crippen MR) is 81.7 cm³/mol. The summed E-state index contributed by atoms with van der Waals surface area (Å²) in [5.74, 6) is 3.29. The van der Waals surface area contributed by atoms with E-state index in [1.165, 1.54) is 18.4 Å². The van der Waals surface area contributed by atoms with Gasteiger partial charge >= 0.3 is 0 Å². The molecule has 0 spiro atoms. The third kappa shape index (κ3) is 1.68. The van der Waals surface area contributed by atoms with Crippen LogP contribution in [0.1, 0.15) is 19.8 Å². The predicted octanol–water partition coefficient (Wildman–Crippen LogP) is 3.91. The van der Waals surface area contributed by atoms with E-state index in [9.17, 15) is 0 Å². The minimum atomic E-state index is 0.439. The summed E-state index contributed by atoms with van der Waals surface area (Å²) in [6.45, 7) is 3.11. The molecule has 0 aromatic carbocycles. The smallest absolute Gasteiger partial charge is 0.0689 e. The van der Waals surface area contributed by atoms with Crippen molar-refractivity contribution >= 4 is 22.6 Å². The number of allylic oxidation sites excluding steroid dienone is 4. The highest BCUT2D eigenvalue weighted by atomic mass is 127. The van der Waals surface area contributed by atoms with E-state index in [0.29, 0.717) is 12.0 Å². The second kappa shape index (κ2) is 4.20. The Morgan fingerprint density at radius 2 is 2.28 bits per heavy atom. The van der Waals surface area contributed by atoms with Crippen molar-refractivity contribution in [3.63, 3.8) is 0 Å². The molecule has 96 valence electrons. The molecular formula is C16H19IO. The van der Waals surface area contributed by atoms with E-state index in [1.54, 1.807) is 11.1 Å². The number of alkyl halides is 1. The standard InChI is InChI=1S/C16H19IO/c1-9-4-12-14-6-15(14)13-5-10(7-17)2-3-11(13)16(12)8-18-9/h2-3,5,9,11,13-15H,4,6-8H2,1H3/t9-,11?,13?,14?,15?/m0/s1. The molecule has 1 heterocycles. The van der Waals surface area contributed by atoms with Crippen LogP contribution in [0.3, 0.4) is 0 Å². The minimum absolute atomic E-state index is 0.439. The van der Waals surface area contributed by atoms with Gasteiger partial charge in [-0.25, -0.2) is 0 Å². The van der Waals surface area contributed by atoms with Gasteiger partial charge in [-0.15, -0.1) is 0 Å². The fourth-order valence-corrected chi connectivity index (χ4v) is 4.66. The molecule has 0 radical (unpaired) electrons. The Morgan fingerprint density at radius 3 is 3.11 bits per heavy atom. The Balaban J connectivity index is 1.72. The van der Waals surface area contributed by atoms with Crippen molar-refractivity contribution in [1.29, 1.82) is 0 Å². The van der Waals surface area contributed by atoms with Crippen molar-refractivity contribution in [2.45, 2.75) is 25.9 Å². The fourth-order valence-electron chi connectivity index (χ4n) is 4.15. The summed E-state index contributed by atoms with van der Waals surface area (Å²) in [5, 5.41) is 0. The lowest BCUT2D eigenvalue weighted by Gasteiger charge is -2.38. The molecule has 4 unspecified atom stereocenters. The van der Waals surface area contributed by atoms with Crippen LogP contribution in [0.5, 0.6) is 0 Å². The Morgan fingerprint density at radius 1 is 1.39 bits per heavy atom. The van der Waals surface area contributed by atoms with Crippen LogP contribution < -0.4 is 0 Å². The van der Waals surface area contributed by atoms with E-state index in [1.807, 2.05) is 0 Å². The lowest BCUT2D eigenvalue weighted by atomic mass is 9.71. The summed E-state index contributed by atoms with van der Waals surface area (Å²) < 4.78 is 7.05. The van der Waals surface area contributed by atoms with E-state index in [2.05, 4.69) is 47.7 Å². The summed E-state index contributed by atoms with van der Waals surface area (Å²) in [6, 6.07) is 0. The van der Waals surface area contributed by atoms with Gasteiger partial charge in [0.05, 0.1) is 12.7 Å². The highest BCUT2D eigenvalue weighted by Gasteiger charge is 2.53. The normalized spacial score (nSPS) is 45.0. The SMILES string of the molecule is C[C@H]1CC2=C(CO1)C1C=CC(CI)=CC1C1CC21. The first-order valence-electron chi connectivity index (χ1n) is 7.06. The van der Waals surface area contributed by atoms with E-state index in [0.717, 1.165) is 28.8 Å². The summed E-state index contributed by atoms with van der Waals surface area (Å²) in [5.41, 5.74) is 4.93. The largest absolute Gasteiger partial charge is 0.374 e. The Kier molecular flexibility index (Phi) is 2.74. The Bertz CT molecular complexity index is 473. The maximum Gasteiger partial charge on any atom is 0.0689 e. The molecule has 1 saturated carbocycles. The second-order valence-electron chi connectivity index (χ2n) is 6.22. The van der Waals surface area contributed by atoms with Crippen LogP contribution in [0.25, 0.3) is 0 Å². The van der Waals surface area contributed by atoms with Gasteiger partial charge in [-0.3, -0.25) is 0 Å². The van der Waals surface area contributed by atoms with Gasteiger partial charge in [0.2, 0.25) is 0 Å².